The Morgan fingerprint density at radius 3 is 1.49 bits per heavy atom. The van der Waals surface area contributed by atoms with Crippen LogP contribution in [-0.4, -0.2) is 0 Å². The predicted molar refractivity (Wildman–Crippen MR) is 200 cm³/mol. The summed E-state index contributed by atoms with van der Waals surface area (Å²) in [5, 5.41) is 21.3. The van der Waals surface area contributed by atoms with Crippen LogP contribution in [0, 0.1) is 22.7 Å². The molecular weight excluding hydrogens is 597 g/mol. The third-order valence-corrected chi connectivity index (χ3v) is 9.68. The lowest BCUT2D eigenvalue weighted by Gasteiger charge is -2.30. The number of hydrogen-bond acceptors (Lipinski definition) is 4. The van der Waals surface area contributed by atoms with E-state index in [1.54, 1.807) is 0 Å². The molecule has 1 aliphatic carbocycles. The number of hydrogen-bond donors (Lipinski definition) is 0. The van der Waals surface area contributed by atoms with Crippen molar-refractivity contribution in [3.05, 3.63) is 180 Å². The molecule has 0 fully saturated rings. The molecule has 7 aromatic carbocycles. The summed E-state index contributed by atoms with van der Waals surface area (Å²) in [6.45, 7) is 4.65. The highest BCUT2D eigenvalue weighted by atomic mass is 15.1. The third kappa shape index (κ3) is 4.99. The van der Waals surface area contributed by atoms with Crippen molar-refractivity contribution in [1.82, 2.24) is 0 Å². The Morgan fingerprint density at radius 2 is 0.918 bits per heavy atom. The van der Waals surface area contributed by atoms with Gasteiger partial charge in [0.25, 0.3) is 0 Å². The predicted octanol–water partition coefficient (Wildman–Crippen LogP) is 11.8. The fourth-order valence-electron chi connectivity index (χ4n) is 7.27. The van der Waals surface area contributed by atoms with Crippen LogP contribution in [-0.2, 0) is 5.41 Å². The zero-order valence-corrected chi connectivity index (χ0v) is 27.3. The van der Waals surface area contributed by atoms with Crippen molar-refractivity contribution in [1.29, 1.82) is 10.5 Å². The summed E-state index contributed by atoms with van der Waals surface area (Å²) in [6.07, 6.45) is 0. The van der Waals surface area contributed by atoms with Crippen molar-refractivity contribution < 1.29 is 0 Å². The van der Waals surface area contributed by atoms with Crippen LogP contribution in [0.2, 0.25) is 0 Å². The van der Waals surface area contributed by atoms with Crippen LogP contribution in [0.1, 0.15) is 36.1 Å². The van der Waals surface area contributed by atoms with Crippen molar-refractivity contribution in [2.75, 3.05) is 9.80 Å². The molecule has 0 N–H and O–H groups in total. The van der Waals surface area contributed by atoms with E-state index in [0.717, 1.165) is 39.5 Å². The first kappa shape index (κ1) is 29.8. The minimum atomic E-state index is -0.306. The van der Waals surface area contributed by atoms with Crippen LogP contribution in [0.3, 0.4) is 0 Å². The van der Waals surface area contributed by atoms with Crippen LogP contribution < -0.4 is 9.80 Å². The molecule has 0 aliphatic heterocycles. The second-order valence-electron chi connectivity index (χ2n) is 12.9. The van der Waals surface area contributed by atoms with E-state index in [4.69, 9.17) is 0 Å². The van der Waals surface area contributed by atoms with Crippen molar-refractivity contribution >= 4 is 44.9 Å². The van der Waals surface area contributed by atoms with Crippen molar-refractivity contribution in [2.45, 2.75) is 19.3 Å². The highest BCUT2D eigenvalue weighted by Crippen LogP contribution is 2.55. The van der Waals surface area contributed by atoms with Gasteiger partial charge in [0.1, 0.15) is 0 Å². The van der Waals surface area contributed by atoms with Crippen LogP contribution >= 0.6 is 0 Å². The molecule has 8 rings (SSSR count). The molecule has 0 bridgehead atoms. The Balaban J connectivity index is 1.33. The Hall–Kier alpha value is -6.62. The second-order valence-corrected chi connectivity index (χ2v) is 12.9. The average molecular weight is 629 g/mol. The summed E-state index contributed by atoms with van der Waals surface area (Å²) >= 11 is 0. The first-order valence-corrected chi connectivity index (χ1v) is 16.4. The van der Waals surface area contributed by atoms with E-state index in [0.29, 0.717) is 11.1 Å². The maximum absolute atomic E-state index is 9.52. The van der Waals surface area contributed by atoms with Crippen molar-refractivity contribution in [3.8, 4) is 23.3 Å². The molecule has 0 aromatic heterocycles. The van der Waals surface area contributed by atoms with Crippen LogP contribution in [0.15, 0.2) is 158 Å². The lowest BCUT2D eigenvalue weighted by molar-refractivity contribution is 0.661. The van der Waals surface area contributed by atoms with Gasteiger partial charge in [0.15, 0.2) is 0 Å². The van der Waals surface area contributed by atoms with E-state index in [-0.39, 0.29) is 5.41 Å². The molecule has 232 valence electrons. The maximum atomic E-state index is 9.52. The third-order valence-electron chi connectivity index (χ3n) is 9.68. The molecule has 0 unspecified atom stereocenters. The van der Waals surface area contributed by atoms with Crippen LogP contribution in [0.4, 0.5) is 34.1 Å². The first-order valence-electron chi connectivity index (χ1n) is 16.4. The molecule has 0 atom stereocenters. The Morgan fingerprint density at radius 1 is 0.449 bits per heavy atom. The van der Waals surface area contributed by atoms with E-state index in [9.17, 15) is 10.5 Å². The van der Waals surface area contributed by atoms with E-state index in [1.807, 2.05) is 60.7 Å². The Bertz CT molecular complexity index is 2420. The lowest BCUT2D eigenvalue weighted by atomic mass is 9.81. The van der Waals surface area contributed by atoms with Gasteiger partial charge in [-0.25, -0.2) is 0 Å². The summed E-state index contributed by atoms with van der Waals surface area (Å²) in [4.78, 5) is 4.56. The molecule has 7 aromatic rings. The molecule has 0 heterocycles. The summed E-state index contributed by atoms with van der Waals surface area (Å²) in [6, 6.07) is 58.8. The summed E-state index contributed by atoms with van der Waals surface area (Å²) in [5.41, 5.74) is 12.2. The zero-order valence-electron chi connectivity index (χ0n) is 27.3. The number of nitriles is 2. The number of nitrogens with zero attached hydrogens (tertiary/aromatic N) is 4. The number of anilines is 6. The van der Waals surface area contributed by atoms with E-state index in [2.05, 4.69) is 133 Å². The number of fused-ring (bicyclic) bond motifs is 5. The normalized spacial score (nSPS) is 12.4. The fourth-order valence-corrected chi connectivity index (χ4v) is 7.27. The van der Waals surface area contributed by atoms with Gasteiger partial charge in [0, 0.05) is 39.2 Å². The minimum Gasteiger partial charge on any atom is -0.310 e. The van der Waals surface area contributed by atoms with Crippen molar-refractivity contribution in [2.24, 2.45) is 0 Å². The van der Waals surface area contributed by atoms with Gasteiger partial charge in [-0.3, -0.25) is 0 Å². The highest BCUT2D eigenvalue weighted by molar-refractivity contribution is 6.10. The smallest absolute Gasteiger partial charge is 0.0991 e. The standard InChI is InChI=1S/C45H32N4/c1-45(2)41-27-37(48(33-11-5-3-6-12-33)35-21-17-31(29-46)18-22-35)25-26-40(41)44-39-16-10-9-15-38(39)43(28-42(44)45)49(34-13-7-4-8-14-34)36-23-19-32(30-47)20-24-36/h3-28H,1-2H3. The molecule has 4 nitrogen and oxygen atoms in total. The largest absolute Gasteiger partial charge is 0.310 e. The van der Waals surface area contributed by atoms with Crippen LogP contribution in [0.25, 0.3) is 21.9 Å². The molecule has 0 saturated carbocycles. The minimum absolute atomic E-state index is 0.306. The first-order chi connectivity index (χ1) is 24.0. The number of para-hydroxylation sites is 2. The van der Waals surface area contributed by atoms with Gasteiger partial charge in [-0.05, 0) is 119 Å². The Kier molecular flexibility index (Phi) is 7.21. The quantitative estimate of drug-likeness (QED) is 0.184. The van der Waals surface area contributed by atoms with Gasteiger partial charge in [-0.1, -0.05) is 80.6 Å². The molecular formula is C45H32N4. The van der Waals surface area contributed by atoms with Gasteiger partial charge in [0.2, 0.25) is 0 Å². The fraction of sp³-hybridized carbons (Fsp3) is 0.0667. The van der Waals surface area contributed by atoms with Crippen LogP contribution in [0.5, 0.6) is 0 Å². The molecule has 0 spiro atoms. The number of benzene rings is 7. The molecule has 0 saturated heterocycles. The van der Waals surface area contributed by atoms with Gasteiger partial charge in [-0.15, -0.1) is 0 Å². The molecule has 0 radical (unpaired) electrons. The van der Waals surface area contributed by atoms with Gasteiger partial charge < -0.3 is 9.80 Å². The summed E-state index contributed by atoms with van der Waals surface area (Å²) in [5.74, 6) is 0. The second kappa shape index (κ2) is 11.9. The molecule has 4 heteroatoms. The van der Waals surface area contributed by atoms with Crippen molar-refractivity contribution in [3.63, 3.8) is 0 Å². The number of rotatable bonds is 6. The SMILES string of the molecule is CC1(C)c2cc(N(c3ccccc3)c3ccc(C#N)cc3)ccc2-c2c1cc(N(c1ccccc1)c1ccc(C#N)cc1)c1ccccc21. The zero-order chi connectivity index (χ0) is 33.5. The van der Waals surface area contributed by atoms with E-state index >= 15 is 0 Å². The van der Waals surface area contributed by atoms with Gasteiger partial charge >= 0.3 is 0 Å². The monoisotopic (exact) mass is 628 g/mol. The maximum Gasteiger partial charge on any atom is 0.0991 e. The van der Waals surface area contributed by atoms with Gasteiger partial charge in [0.05, 0.1) is 29.0 Å². The molecule has 0 amide bonds. The summed E-state index contributed by atoms with van der Waals surface area (Å²) in [7, 11) is 0. The summed E-state index contributed by atoms with van der Waals surface area (Å²) < 4.78 is 0. The van der Waals surface area contributed by atoms with E-state index < -0.39 is 0 Å². The van der Waals surface area contributed by atoms with E-state index in [1.165, 1.54) is 27.6 Å². The van der Waals surface area contributed by atoms with Gasteiger partial charge in [-0.2, -0.15) is 10.5 Å². The lowest BCUT2D eigenvalue weighted by Crippen LogP contribution is -2.18. The molecule has 1 aliphatic rings. The Labute approximate surface area is 287 Å². The molecule has 49 heavy (non-hydrogen) atoms. The highest BCUT2D eigenvalue weighted by Gasteiger charge is 2.38. The average Bonchev–Trinajstić information content (AvgIpc) is 3.38. The topological polar surface area (TPSA) is 54.1 Å².